The molecule has 2 aromatic heterocycles. The van der Waals surface area contributed by atoms with E-state index in [-0.39, 0.29) is 36.9 Å². The molecule has 5 atom stereocenters. The number of aliphatic hydroxyl groups excluding tert-OH is 4. The van der Waals surface area contributed by atoms with E-state index < -0.39 is 30.7 Å². The molecule has 4 heterocycles. The van der Waals surface area contributed by atoms with E-state index in [1.54, 1.807) is 29.9 Å². The Hall–Kier alpha value is -3.72. The van der Waals surface area contributed by atoms with E-state index in [1.165, 1.54) is 13.2 Å². The largest absolute Gasteiger partial charge is 0.493 e. The average molecular weight is 570 g/mol. The SMILES string of the molecule is CNCCn1c(=O)c2cc(O[C@@H]3O[C@H](CCO)[C@H](O)[C@H](O)[C@H]3O)c(OC)cc2c2cnc3cc4c(cc3c21)OCO4. The summed E-state index contributed by atoms with van der Waals surface area (Å²) < 4.78 is 30.0. The van der Waals surface area contributed by atoms with E-state index in [0.29, 0.717) is 51.8 Å². The van der Waals surface area contributed by atoms with Crippen LogP contribution >= 0.6 is 0 Å². The number of likely N-dealkylation sites (N-methyl/N-ethyl adjacent to an activating group) is 1. The Morgan fingerprint density at radius 3 is 2.49 bits per heavy atom. The van der Waals surface area contributed by atoms with Crippen molar-refractivity contribution < 1.29 is 44.1 Å². The van der Waals surface area contributed by atoms with Gasteiger partial charge in [-0.2, -0.15) is 0 Å². The predicted molar refractivity (Wildman–Crippen MR) is 147 cm³/mol. The third-order valence-corrected chi connectivity index (χ3v) is 7.58. The van der Waals surface area contributed by atoms with Crippen molar-refractivity contribution in [3.8, 4) is 23.0 Å². The molecule has 2 aliphatic rings. The second kappa shape index (κ2) is 10.9. The lowest BCUT2D eigenvalue weighted by atomic mass is 9.97. The van der Waals surface area contributed by atoms with E-state index in [9.17, 15) is 25.2 Å². The van der Waals surface area contributed by atoms with Gasteiger partial charge in [0.25, 0.3) is 5.56 Å². The summed E-state index contributed by atoms with van der Waals surface area (Å²) in [5.41, 5.74) is 1.03. The smallest absolute Gasteiger partial charge is 0.259 e. The lowest BCUT2D eigenvalue weighted by Crippen LogP contribution is -2.59. The maximum atomic E-state index is 14.0. The van der Waals surface area contributed by atoms with E-state index in [2.05, 4.69) is 10.3 Å². The number of nitrogens with one attached hydrogen (secondary N) is 1. The molecule has 13 heteroatoms. The highest BCUT2D eigenvalue weighted by molar-refractivity contribution is 6.15. The van der Waals surface area contributed by atoms with Crippen LogP contribution in [-0.4, -0.2) is 94.8 Å². The minimum Gasteiger partial charge on any atom is -0.493 e. The lowest BCUT2D eigenvalue weighted by Gasteiger charge is -2.40. The number of nitrogens with zero attached hydrogens (tertiary/aromatic N) is 2. The Kier molecular flexibility index (Phi) is 7.32. The number of aromatic nitrogens is 2. The van der Waals surface area contributed by atoms with Crippen molar-refractivity contribution in [3.05, 3.63) is 40.8 Å². The monoisotopic (exact) mass is 569 g/mol. The zero-order valence-corrected chi connectivity index (χ0v) is 22.4. The quantitative estimate of drug-likeness (QED) is 0.183. The highest BCUT2D eigenvalue weighted by atomic mass is 16.7. The van der Waals surface area contributed by atoms with Crippen LogP contribution in [0, 0.1) is 0 Å². The van der Waals surface area contributed by atoms with Gasteiger partial charge in [0, 0.05) is 48.1 Å². The van der Waals surface area contributed by atoms with Gasteiger partial charge in [-0.3, -0.25) is 9.78 Å². The molecule has 1 saturated heterocycles. The number of hydrogen-bond acceptors (Lipinski definition) is 12. The normalized spacial score (nSPS) is 23.9. The van der Waals surface area contributed by atoms with Crippen molar-refractivity contribution in [1.29, 1.82) is 0 Å². The molecular weight excluding hydrogens is 538 g/mol. The minimum absolute atomic E-state index is 0.0170. The van der Waals surface area contributed by atoms with E-state index >= 15 is 0 Å². The first kappa shape index (κ1) is 27.4. The first-order valence-corrected chi connectivity index (χ1v) is 13.2. The minimum atomic E-state index is -1.60. The second-order valence-electron chi connectivity index (χ2n) is 10.00. The number of pyridine rings is 2. The molecule has 218 valence electrons. The van der Waals surface area contributed by atoms with Crippen LogP contribution in [0.15, 0.2) is 35.3 Å². The predicted octanol–water partition coefficient (Wildman–Crippen LogP) is 0.228. The molecule has 1 fully saturated rings. The van der Waals surface area contributed by atoms with Crippen LogP contribution < -0.4 is 29.8 Å². The van der Waals surface area contributed by atoms with Crippen molar-refractivity contribution in [2.24, 2.45) is 0 Å². The van der Waals surface area contributed by atoms with Gasteiger partial charge in [0.2, 0.25) is 13.1 Å². The molecule has 0 spiro atoms. The summed E-state index contributed by atoms with van der Waals surface area (Å²) >= 11 is 0. The van der Waals surface area contributed by atoms with Gasteiger partial charge in [-0.25, -0.2) is 0 Å². The van der Waals surface area contributed by atoms with Crippen LogP contribution in [0.4, 0.5) is 0 Å². The van der Waals surface area contributed by atoms with E-state index in [0.717, 1.165) is 5.39 Å². The zero-order valence-electron chi connectivity index (χ0n) is 22.4. The summed E-state index contributed by atoms with van der Waals surface area (Å²) in [5.74, 6) is 1.48. The maximum absolute atomic E-state index is 14.0. The Balaban J connectivity index is 1.53. The molecule has 0 aliphatic carbocycles. The van der Waals surface area contributed by atoms with Crippen molar-refractivity contribution >= 4 is 32.6 Å². The summed E-state index contributed by atoms with van der Waals surface area (Å²) in [4.78, 5) is 18.7. The standard InChI is InChI=1S/C28H31N3O10/c1-29-4-5-31-23-15-9-20-21(39-12-38-20)10-17(15)30-11-16(23)13-7-19(37-2)22(8-14(13)27(31)36)41-28-26(35)25(34)24(33)18(40-28)3-6-32/h7-11,18,24-26,28-29,32-35H,3-6,12H2,1-2H3/t18-,24+,25+,26-,28+/m1/s1. The van der Waals surface area contributed by atoms with Gasteiger partial charge in [0.15, 0.2) is 23.0 Å². The van der Waals surface area contributed by atoms with Gasteiger partial charge >= 0.3 is 0 Å². The topological polar surface area (TPSA) is 174 Å². The first-order valence-electron chi connectivity index (χ1n) is 13.2. The highest BCUT2D eigenvalue weighted by Gasteiger charge is 2.45. The summed E-state index contributed by atoms with van der Waals surface area (Å²) in [7, 11) is 3.23. The number of rotatable bonds is 8. The molecule has 2 aliphatic heterocycles. The van der Waals surface area contributed by atoms with Crippen molar-refractivity contribution in [3.63, 3.8) is 0 Å². The molecule has 0 bridgehead atoms. The molecular formula is C28H31N3O10. The molecule has 6 rings (SSSR count). The maximum Gasteiger partial charge on any atom is 0.259 e. The van der Waals surface area contributed by atoms with Gasteiger partial charge in [-0.1, -0.05) is 0 Å². The van der Waals surface area contributed by atoms with Crippen LogP contribution in [0.5, 0.6) is 23.0 Å². The van der Waals surface area contributed by atoms with Gasteiger partial charge in [0.05, 0.1) is 29.6 Å². The number of aliphatic hydroxyl groups is 4. The molecule has 4 aromatic rings. The van der Waals surface area contributed by atoms with Crippen LogP contribution in [0.2, 0.25) is 0 Å². The van der Waals surface area contributed by atoms with Gasteiger partial charge < -0.3 is 54.0 Å². The molecule has 0 amide bonds. The van der Waals surface area contributed by atoms with Crippen LogP contribution in [0.3, 0.4) is 0 Å². The summed E-state index contributed by atoms with van der Waals surface area (Å²) in [6, 6.07) is 6.77. The fraction of sp³-hybridized carbons (Fsp3) is 0.429. The van der Waals surface area contributed by atoms with Crippen molar-refractivity contribution in [2.75, 3.05) is 34.1 Å². The van der Waals surface area contributed by atoms with Gasteiger partial charge in [-0.05, 0) is 31.7 Å². The Morgan fingerprint density at radius 1 is 1.00 bits per heavy atom. The Bertz CT molecular complexity index is 1680. The molecule has 5 N–H and O–H groups in total. The third-order valence-electron chi connectivity index (χ3n) is 7.58. The fourth-order valence-corrected chi connectivity index (χ4v) is 5.46. The number of ether oxygens (including phenoxy) is 5. The lowest BCUT2D eigenvalue weighted by molar-refractivity contribution is -0.274. The number of hydrogen-bond donors (Lipinski definition) is 5. The molecule has 2 aromatic carbocycles. The number of fused-ring (bicyclic) bond motifs is 6. The molecule has 0 saturated carbocycles. The van der Waals surface area contributed by atoms with E-state index in [1.807, 2.05) is 6.07 Å². The van der Waals surface area contributed by atoms with E-state index in [4.69, 9.17) is 23.7 Å². The van der Waals surface area contributed by atoms with Crippen LogP contribution in [0.25, 0.3) is 32.6 Å². The fourth-order valence-electron chi connectivity index (χ4n) is 5.46. The van der Waals surface area contributed by atoms with Crippen molar-refractivity contribution in [2.45, 2.75) is 43.7 Å². The molecule has 41 heavy (non-hydrogen) atoms. The summed E-state index contributed by atoms with van der Waals surface area (Å²) in [6.07, 6.45) is -5.26. The first-order chi connectivity index (χ1) is 19.9. The summed E-state index contributed by atoms with van der Waals surface area (Å²) in [6.45, 7) is 0.674. The molecule has 0 radical (unpaired) electrons. The average Bonchev–Trinajstić information content (AvgIpc) is 3.44. The Labute approximate surface area is 233 Å². The third kappa shape index (κ3) is 4.60. The second-order valence-corrected chi connectivity index (χ2v) is 10.00. The summed E-state index contributed by atoms with van der Waals surface area (Å²) in [5, 5.41) is 45.9. The van der Waals surface area contributed by atoms with Crippen LogP contribution in [-0.2, 0) is 11.3 Å². The number of benzene rings is 2. The molecule has 0 unspecified atom stereocenters. The molecule has 13 nitrogen and oxygen atoms in total. The van der Waals surface area contributed by atoms with Gasteiger partial charge in [-0.15, -0.1) is 0 Å². The van der Waals surface area contributed by atoms with Crippen molar-refractivity contribution in [1.82, 2.24) is 14.9 Å². The van der Waals surface area contributed by atoms with Crippen LogP contribution in [0.1, 0.15) is 6.42 Å². The zero-order chi connectivity index (χ0) is 28.8. The highest BCUT2D eigenvalue weighted by Crippen LogP contribution is 2.41. The number of methoxy groups -OCH3 is 1. The van der Waals surface area contributed by atoms with Gasteiger partial charge in [0.1, 0.15) is 18.3 Å². The Morgan fingerprint density at radius 2 is 1.76 bits per heavy atom.